The van der Waals surface area contributed by atoms with Crippen LogP contribution in [0.15, 0.2) is 24.4 Å². The van der Waals surface area contributed by atoms with E-state index in [1.807, 2.05) is 18.3 Å². The van der Waals surface area contributed by atoms with E-state index in [-0.39, 0.29) is 0 Å². The van der Waals surface area contributed by atoms with Gasteiger partial charge in [-0.2, -0.15) is 0 Å². The first-order valence-electron chi connectivity index (χ1n) is 5.42. The van der Waals surface area contributed by atoms with Crippen LogP contribution in [0.2, 0.25) is 0 Å². The molecule has 1 unspecified atom stereocenters. The van der Waals surface area contributed by atoms with Crippen molar-refractivity contribution in [3.63, 3.8) is 0 Å². The molecule has 1 heterocycles. The van der Waals surface area contributed by atoms with E-state index in [0.29, 0.717) is 12.1 Å². The molecule has 0 bridgehead atoms. The van der Waals surface area contributed by atoms with E-state index in [1.54, 1.807) is 0 Å². The molecular weight excluding hydrogens is 186 g/mol. The second-order valence-electron chi connectivity index (χ2n) is 4.30. The predicted molar refractivity (Wildman–Crippen MR) is 63.8 cm³/mol. The fourth-order valence-corrected chi connectivity index (χ4v) is 1.47. The van der Waals surface area contributed by atoms with Crippen LogP contribution in [-0.4, -0.2) is 36.6 Å². The quantitative estimate of drug-likeness (QED) is 0.796. The molecule has 0 fully saturated rings. The molecule has 3 nitrogen and oxygen atoms in total. The zero-order valence-electron chi connectivity index (χ0n) is 10.1. The van der Waals surface area contributed by atoms with Gasteiger partial charge in [0.25, 0.3) is 0 Å². The molecule has 1 atom stereocenters. The van der Waals surface area contributed by atoms with Crippen LogP contribution in [0.25, 0.3) is 0 Å². The van der Waals surface area contributed by atoms with Gasteiger partial charge < -0.3 is 5.32 Å². The minimum absolute atomic E-state index is 0.341. The van der Waals surface area contributed by atoms with Crippen molar-refractivity contribution >= 4 is 0 Å². The van der Waals surface area contributed by atoms with Crippen LogP contribution in [0.3, 0.4) is 0 Å². The molecule has 0 spiro atoms. The average Bonchev–Trinajstić information content (AvgIpc) is 2.18. The number of rotatable bonds is 5. The molecule has 0 amide bonds. The van der Waals surface area contributed by atoms with E-state index in [4.69, 9.17) is 0 Å². The molecule has 0 aliphatic rings. The lowest BCUT2D eigenvalue weighted by Gasteiger charge is -2.25. The summed E-state index contributed by atoms with van der Waals surface area (Å²) in [7, 11) is 4.17. The van der Waals surface area contributed by atoms with Crippen molar-refractivity contribution in [1.82, 2.24) is 15.2 Å². The number of hydrogen-bond donors (Lipinski definition) is 1. The van der Waals surface area contributed by atoms with Crippen molar-refractivity contribution in [1.29, 1.82) is 0 Å². The molecular formula is C12H21N3. The fourth-order valence-electron chi connectivity index (χ4n) is 1.47. The monoisotopic (exact) mass is 207 g/mol. The highest BCUT2D eigenvalue weighted by Gasteiger charge is 2.14. The van der Waals surface area contributed by atoms with E-state index in [2.05, 4.69) is 49.2 Å². The van der Waals surface area contributed by atoms with Crippen LogP contribution in [0.5, 0.6) is 0 Å². The second kappa shape index (κ2) is 5.83. The van der Waals surface area contributed by atoms with Crippen LogP contribution < -0.4 is 5.32 Å². The van der Waals surface area contributed by atoms with Crippen molar-refractivity contribution in [3.05, 3.63) is 30.1 Å². The standard InChI is InChI=1S/C12H21N3/c1-10(2)14-9-12(15(3)4)11-7-5-6-8-13-11/h5-8,10,12,14H,9H2,1-4H3. The molecule has 15 heavy (non-hydrogen) atoms. The fraction of sp³-hybridized carbons (Fsp3) is 0.583. The van der Waals surface area contributed by atoms with Gasteiger partial charge in [0.2, 0.25) is 0 Å². The molecule has 1 N–H and O–H groups in total. The summed E-state index contributed by atoms with van der Waals surface area (Å²) in [6.07, 6.45) is 1.85. The van der Waals surface area contributed by atoms with Gasteiger partial charge in [-0.05, 0) is 26.2 Å². The van der Waals surface area contributed by atoms with Gasteiger partial charge in [0.15, 0.2) is 0 Å². The van der Waals surface area contributed by atoms with Crippen molar-refractivity contribution < 1.29 is 0 Å². The Kier molecular flexibility index (Phi) is 4.72. The van der Waals surface area contributed by atoms with Crippen molar-refractivity contribution in [3.8, 4) is 0 Å². The van der Waals surface area contributed by atoms with Gasteiger partial charge in [-0.1, -0.05) is 19.9 Å². The first kappa shape index (κ1) is 12.1. The molecule has 0 saturated carbocycles. The van der Waals surface area contributed by atoms with Gasteiger partial charge in [-0.3, -0.25) is 9.88 Å². The van der Waals surface area contributed by atoms with Crippen LogP contribution in [0.4, 0.5) is 0 Å². The second-order valence-corrected chi connectivity index (χ2v) is 4.30. The van der Waals surface area contributed by atoms with Crippen molar-refractivity contribution in [2.45, 2.75) is 25.9 Å². The molecule has 3 heteroatoms. The lowest BCUT2D eigenvalue weighted by Crippen LogP contribution is -2.34. The molecule has 0 aromatic carbocycles. The Balaban J connectivity index is 2.66. The Morgan fingerprint density at radius 2 is 2.07 bits per heavy atom. The zero-order chi connectivity index (χ0) is 11.3. The first-order chi connectivity index (χ1) is 7.11. The summed E-state index contributed by atoms with van der Waals surface area (Å²) in [5, 5.41) is 3.44. The van der Waals surface area contributed by atoms with E-state index in [1.165, 1.54) is 0 Å². The molecule has 0 aliphatic heterocycles. The number of hydrogen-bond acceptors (Lipinski definition) is 3. The minimum Gasteiger partial charge on any atom is -0.313 e. The maximum absolute atomic E-state index is 4.40. The van der Waals surface area contributed by atoms with Gasteiger partial charge in [0, 0.05) is 18.8 Å². The Bertz CT molecular complexity index is 269. The average molecular weight is 207 g/mol. The van der Waals surface area contributed by atoms with Gasteiger partial charge >= 0.3 is 0 Å². The number of likely N-dealkylation sites (N-methyl/N-ethyl adjacent to an activating group) is 1. The summed E-state index contributed by atoms with van der Waals surface area (Å²) >= 11 is 0. The molecule has 1 aromatic heterocycles. The molecule has 0 aliphatic carbocycles. The summed E-state index contributed by atoms with van der Waals surface area (Å²) in [6.45, 7) is 5.25. The molecule has 0 radical (unpaired) electrons. The van der Waals surface area contributed by atoms with Gasteiger partial charge in [0.1, 0.15) is 0 Å². The van der Waals surface area contributed by atoms with Gasteiger partial charge in [-0.15, -0.1) is 0 Å². The topological polar surface area (TPSA) is 28.2 Å². The number of nitrogens with zero attached hydrogens (tertiary/aromatic N) is 2. The highest BCUT2D eigenvalue weighted by Crippen LogP contribution is 2.14. The van der Waals surface area contributed by atoms with E-state index in [0.717, 1.165) is 12.2 Å². The van der Waals surface area contributed by atoms with Crippen LogP contribution >= 0.6 is 0 Å². The maximum Gasteiger partial charge on any atom is 0.0641 e. The lowest BCUT2D eigenvalue weighted by atomic mass is 10.1. The third kappa shape index (κ3) is 3.98. The van der Waals surface area contributed by atoms with Crippen LogP contribution in [0, 0.1) is 0 Å². The number of aromatic nitrogens is 1. The molecule has 1 rings (SSSR count). The normalized spacial score (nSPS) is 13.5. The smallest absolute Gasteiger partial charge is 0.0641 e. The van der Waals surface area contributed by atoms with E-state index >= 15 is 0 Å². The summed E-state index contributed by atoms with van der Waals surface area (Å²) in [4.78, 5) is 6.59. The third-order valence-electron chi connectivity index (χ3n) is 2.37. The Hall–Kier alpha value is -0.930. The van der Waals surface area contributed by atoms with E-state index < -0.39 is 0 Å². The highest BCUT2D eigenvalue weighted by molar-refractivity contribution is 5.09. The molecule has 84 valence electrons. The minimum atomic E-state index is 0.341. The summed E-state index contributed by atoms with van der Waals surface area (Å²) in [5.41, 5.74) is 1.12. The zero-order valence-corrected chi connectivity index (χ0v) is 10.1. The first-order valence-corrected chi connectivity index (χ1v) is 5.42. The largest absolute Gasteiger partial charge is 0.313 e. The van der Waals surface area contributed by atoms with Crippen molar-refractivity contribution in [2.75, 3.05) is 20.6 Å². The highest BCUT2D eigenvalue weighted by atomic mass is 15.1. The Labute approximate surface area is 92.5 Å². The molecule has 1 aromatic rings. The SMILES string of the molecule is CC(C)NCC(c1ccccn1)N(C)C. The van der Waals surface area contributed by atoms with Gasteiger partial charge in [0.05, 0.1) is 11.7 Å². The third-order valence-corrected chi connectivity index (χ3v) is 2.37. The predicted octanol–water partition coefficient (Wildman–Crippen LogP) is 1.68. The number of pyridine rings is 1. The Morgan fingerprint density at radius 3 is 2.53 bits per heavy atom. The van der Waals surface area contributed by atoms with Crippen LogP contribution in [0.1, 0.15) is 25.6 Å². The van der Waals surface area contributed by atoms with Crippen molar-refractivity contribution in [2.24, 2.45) is 0 Å². The summed E-state index contributed by atoms with van der Waals surface area (Å²) < 4.78 is 0. The molecule has 0 saturated heterocycles. The van der Waals surface area contributed by atoms with Gasteiger partial charge in [-0.25, -0.2) is 0 Å². The summed E-state index contributed by atoms with van der Waals surface area (Å²) in [5.74, 6) is 0. The summed E-state index contributed by atoms with van der Waals surface area (Å²) in [6, 6.07) is 6.91. The lowest BCUT2D eigenvalue weighted by molar-refractivity contribution is 0.278. The van der Waals surface area contributed by atoms with Crippen LogP contribution in [-0.2, 0) is 0 Å². The Morgan fingerprint density at radius 1 is 1.33 bits per heavy atom. The van der Waals surface area contributed by atoms with E-state index in [9.17, 15) is 0 Å². The maximum atomic E-state index is 4.40. The number of nitrogens with one attached hydrogen (secondary N) is 1.